The summed E-state index contributed by atoms with van der Waals surface area (Å²) >= 11 is 0. The van der Waals surface area contributed by atoms with Gasteiger partial charge in [-0.2, -0.15) is 0 Å². The van der Waals surface area contributed by atoms with E-state index in [-0.39, 0.29) is 12.3 Å². The normalized spacial score (nSPS) is 23.4. The molecule has 16 heavy (non-hydrogen) atoms. The molecule has 0 bridgehead atoms. The Bertz CT molecular complexity index is 315. The zero-order chi connectivity index (χ0) is 12.3. The Hall–Kier alpha value is -1.63. The predicted octanol–water partition coefficient (Wildman–Crippen LogP) is -1.78. The number of carboxylic acid groups (broad SMARTS) is 1. The highest BCUT2D eigenvalue weighted by Crippen LogP contribution is 2.07. The minimum absolute atomic E-state index is 0.232. The first kappa shape index (κ1) is 12.4. The van der Waals surface area contributed by atoms with Crippen LogP contribution in [0, 0.1) is 0 Å². The number of aliphatic hydroxyl groups excluding tert-OH is 1. The first-order valence-corrected chi connectivity index (χ1v) is 4.92. The molecular weight excluding hydrogens is 216 g/mol. The van der Waals surface area contributed by atoms with Crippen molar-refractivity contribution in [2.45, 2.75) is 38.0 Å². The second kappa shape index (κ2) is 4.93. The van der Waals surface area contributed by atoms with E-state index in [2.05, 4.69) is 10.6 Å². The van der Waals surface area contributed by atoms with Gasteiger partial charge < -0.3 is 20.8 Å². The molecule has 0 aromatic heterocycles. The minimum atomic E-state index is -1.36. The number of nitrogens with one attached hydrogen (secondary N) is 2. The summed E-state index contributed by atoms with van der Waals surface area (Å²) in [7, 11) is 0. The van der Waals surface area contributed by atoms with Crippen molar-refractivity contribution in [3.05, 3.63) is 0 Å². The van der Waals surface area contributed by atoms with Gasteiger partial charge in [0.25, 0.3) is 0 Å². The molecule has 2 amide bonds. The molecule has 1 heterocycles. The average molecular weight is 230 g/mol. The van der Waals surface area contributed by atoms with Gasteiger partial charge in [-0.1, -0.05) is 0 Å². The highest BCUT2D eigenvalue weighted by Gasteiger charge is 2.32. The van der Waals surface area contributed by atoms with E-state index in [9.17, 15) is 14.4 Å². The van der Waals surface area contributed by atoms with Gasteiger partial charge in [-0.05, 0) is 13.3 Å². The molecule has 1 saturated heterocycles. The Morgan fingerprint density at radius 2 is 2.19 bits per heavy atom. The van der Waals surface area contributed by atoms with Crippen LogP contribution in [0.1, 0.15) is 19.8 Å². The molecule has 0 aliphatic carbocycles. The van der Waals surface area contributed by atoms with E-state index in [0.29, 0.717) is 6.42 Å². The number of carboxylic acids is 1. The third-order valence-corrected chi connectivity index (χ3v) is 2.36. The maximum atomic E-state index is 11.5. The summed E-state index contributed by atoms with van der Waals surface area (Å²) < 4.78 is 0. The van der Waals surface area contributed by atoms with E-state index in [1.807, 2.05) is 0 Å². The Balaban J connectivity index is 2.55. The third-order valence-electron chi connectivity index (χ3n) is 2.36. The van der Waals surface area contributed by atoms with Crippen LogP contribution in [0.25, 0.3) is 0 Å². The lowest BCUT2D eigenvalue weighted by Crippen LogP contribution is -2.52. The summed E-state index contributed by atoms with van der Waals surface area (Å²) in [6, 6.07) is -2.06. The second-order valence-corrected chi connectivity index (χ2v) is 3.72. The Morgan fingerprint density at radius 3 is 2.56 bits per heavy atom. The zero-order valence-corrected chi connectivity index (χ0v) is 8.77. The van der Waals surface area contributed by atoms with Gasteiger partial charge in [0, 0.05) is 6.42 Å². The van der Waals surface area contributed by atoms with Crippen molar-refractivity contribution in [3.63, 3.8) is 0 Å². The highest BCUT2D eigenvalue weighted by atomic mass is 16.4. The van der Waals surface area contributed by atoms with Crippen molar-refractivity contribution in [1.29, 1.82) is 0 Å². The first-order chi connectivity index (χ1) is 7.41. The van der Waals surface area contributed by atoms with Crippen molar-refractivity contribution >= 4 is 17.8 Å². The molecule has 0 spiro atoms. The molecule has 7 heteroatoms. The molecule has 1 fully saturated rings. The topological polar surface area (TPSA) is 116 Å². The summed E-state index contributed by atoms with van der Waals surface area (Å²) in [5, 5.41) is 22.5. The number of hydrogen-bond acceptors (Lipinski definition) is 4. The molecule has 0 saturated carbocycles. The van der Waals surface area contributed by atoms with Crippen molar-refractivity contribution in [3.8, 4) is 0 Å². The van der Waals surface area contributed by atoms with Crippen LogP contribution >= 0.6 is 0 Å². The fourth-order valence-electron chi connectivity index (χ4n) is 1.45. The number of aliphatic carboxylic acids is 1. The summed E-state index contributed by atoms with van der Waals surface area (Å²) in [5.74, 6) is -2.13. The molecule has 3 atom stereocenters. The van der Waals surface area contributed by atoms with Crippen LogP contribution < -0.4 is 10.6 Å². The Kier molecular flexibility index (Phi) is 3.83. The predicted molar refractivity (Wildman–Crippen MR) is 52.4 cm³/mol. The Labute approximate surface area is 91.8 Å². The average Bonchev–Trinajstić information content (AvgIpc) is 2.59. The maximum absolute atomic E-state index is 11.5. The van der Waals surface area contributed by atoms with Gasteiger partial charge in [0.1, 0.15) is 6.04 Å². The molecule has 0 aromatic carbocycles. The van der Waals surface area contributed by atoms with Gasteiger partial charge >= 0.3 is 5.97 Å². The SMILES string of the molecule is CC(O)C(NC(=O)[C@@H]1CCC(=O)N1)C(=O)O. The molecule has 1 aliphatic heterocycles. The van der Waals surface area contributed by atoms with E-state index < -0.39 is 30.1 Å². The monoisotopic (exact) mass is 230 g/mol. The van der Waals surface area contributed by atoms with E-state index in [1.165, 1.54) is 6.92 Å². The van der Waals surface area contributed by atoms with Crippen molar-refractivity contribution in [2.24, 2.45) is 0 Å². The van der Waals surface area contributed by atoms with Gasteiger partial charge in [-0.25, -0.2) is 4.79 Å². The molecule has 4 N–H and O–H groups in total. The van der Waals surface area contributed by atoms with Crippen molar-refractivity contribution in [1.82, 2.24) is 10.6 Å². The lowest BCUT2D eigenvalue weighted by Gasteiger charge is -2.19. The molecule has 0 radical (unpaired) electrons. The van der Waals surface area contributed by atoms with Gasteiger partial charge in [0.2, 0.25) is 11.8 Å². The standard InChI is InChI=1S/C9H14N2O5/c1-4(12)7(9(15)16)11-8(14)5-2-3-6(13)10-5/h4-5,7,12H,2-3H2,1H3,(H,10,13)(H,11,14)(H,15,16)/t4?,5-,7?/m0/s1. The van der Waals surface area contributed by atoms with Crippen LogP contribution in [-0.2, 0) is 14.4 Å². The Morgan fingerprint density at radius 1 is 1.56 bits per heavy atom. The molecule has 90 valence electrons. The van der Waals surface area contributed by atoms with Crippen molar-refractivity contribution < 1.29 is 24.6 Å². The third kappa shape index (κ3) is 2.93. The van der Waals surface area contributed by atoms with Crippen LogP contribution in [-0.4, -0.2) is 46.2 Å². The molecule has 2 unspecified atom stereocenters. The number of carbonyl (C=O) groups is 3. The quantitative estimate of drug-likeness (QED) is 0.455. The van der Waals surface area contributed by atoms with Gasteiger partial charge in [-0.15, -0.1) is 0 Å². The fourth-order valence-corrected chi connectivity index (χ4v) is 1.45. The fraction of sp³-hybridized carbons (Fsp3) is 0.667. The number of hydrogen-bond donors (Lipinski definition) is 4. The van der Waals surface area contributed by atoms with Crippen LogP contribution in [0.5, 0.6) is 0 Å². The van der Waals surface area contributed by atoms with E-state index in [4.69, 9.17) is 10.2 Å². The maximum Gasteiger partial charge on any atom is 0.328 e. The molecule has 1 rings (SSSR count). The van der Waals surface area contributed by atoms with Gasteiger partial charge in [0.15, 0.2) is 6.04 Å². The van der Waals surface area contributed by atoms with Crippen molar-refractivity contribution in [2.75, 3.05) is 0 Å². The summed E-state index contributed by atoms with van der Waals surface area (Å²) in [4.78, 5) is 33.1. The zero-order valence-electron chi connectivity index (χ0n) is 8.77. The van der Waals surface area contributed by atoms with Crippen LogP contribution in [0.15, 0.2) is 0 Å². The van der Waals surface area contributed by atoms with Crippen LogP contribution in [0.4, 0.5) is 0 Å². The number of rotatable bonds is 4. The molecule has 0 aromatic rings. The molecule has 1 aliphatic rings. The van der Waals surface area contributed by atoms with E-state index in [1.54, 1.807) is 0 Å². The van der Waals surface area contributed by atoms with E-state index in [0.717, 1.165) is 0 Å². The lowest BCUT2D eigenvalue weighted by molar-refractivity contribution is -0.145. The molecular formula is C9H14N2O5. The van der Waals surface area contributed by atoms with Crippen LogP contribution in [0.2, 0.25) is 0 Å². The minimum Gasteiger partial charge on any atom is -0.480 e. The second-order valence-electron chi connectivity index (χ2n) is 3.72. The first-order valence-electron chi connectivity index (χ1n) is 4.92. The number of amides is 2. The molecule has 7 nitrogen and oxygen atoms in total. The van der Waals surface area contributed by atoms with Crippen LogP contribution in [0.3, 0.4) is 0 Å². The summed E-state index contributed by atoms with van der Waals surface area (Å²) in [5.41, 5.74) is 0. The van der Waals surface area contributed by atoms with E-state index >= 15 is 0 Å². The largest absolute Gasteiger partial charge is 0.480 e. The lowest BCUT2D eigenvalue weighted by atomic mass is 10.1. The van der Waals surface area contributed by atoms with Gasteiger partial charge in [-0.3, -0.25) is 9.59 Å². The summed E-state index contributed by atoms with van der Waals surface area (Å²) in [6.07, 6.45) is -0.597. The number of carbonyl (C=O) groups excluding carboxylic acids is 2. The summed E-state index contributed by atoms with van der Waals surface area (Å²) in [6.45, 7) is 1.27. The number of aliphatic hydroxyl groups is 1. The highest BCUT2D eigenvalue weighted by molar-refractivity contribution is 5.92. The smallest absolute Gasteiger partial charge is 0.328 e. The van der Waals surface area contributed by atoms with Gasteiger partial charge in [0.05, 0.1) is 6.10 Å².